The average molecular weight is 370 g/mol. The fourth-order valence-corrected chi connectivity index (χ4v) is 4.50. The molecule has 1 aromatic carbocycles. The Morgan fingerprint density at radius 3 is 2.63 bits per heavy atom. The van der Waals surface area contributed by atoms with Crippen molar-refractivity contribution in [1.29, 1.82) is 0 Å². The second-order valence-electron chi connectivity index (χ2n) is 8.06. The molecule has 2 fully saturated rings. The lowest BCUT2D eigenvalue weighted by Gasteiger charge is -2.36. The highest BCUT2D eigenvalue weighted by atomic mass is 16.5. The highest BCUT2D eigenvalue weighted by Crippen LogP contribution is 2.29. The van der Waals surface area contributed by atoms with E-state index in [-0.39, 0.29) is 0 Å². The van der Waals surface area contributed by atoms with E-state index in [9.17, 15) is 0 Å². The van der Waals surface area contributed by atoms with Crippen LogP contribution in [0.15, 0.2) is 33.8 Å². The van der Waals surface area contributed by atoms with E-state index in [2.05, 4.69) is 26.0 Å². The number of nitrogens with two attached hydrogens (primary N) is 1. The molecule has 0 atom stereocenters. The van der Waals surface area contributed by atoms with Crippen LogP contribution in [0.5, 0.6) is 0 Å². The Balaban J connectivity index is 1.22. The van der Waals surface area contributed by atoms with Crippen LogP contribution < -0.4 is 10.6 Å². The summed E-state index contributed by atoms with van der Waals surface area (Å²) in [6.07, 6.45) is 6.31. The monoisotopic (exact) mass is 369 g/mol. The van der Waals surface area contributed by atoms with Crippen LogP contribution in [0.4, 0.5) is 5.82 Å². The number of nitrogens with zero attached hydrogens (tertiary/aromatic N) is 4. The first kappa shape index (κ1) is 18.3. The van der Waals surface area contributed by atoms with Crippen LogP contribution in [0, 0.1) is 5.92 Å². The molecule has 2 aliphatic rings. The van der Waals surface area contributed by atoms with Crippen LogP contribution in [0.2, 0.25) is 0 Å². The van der Waals surface area contributed by atoms with Gasteiger partial charge in [-0.2, -0.15) is 0 Å². The molecule has 1 aromatic heterocycles. The maximum absolute atomic E-state index is 5.72. The lowest BCUT2D eigenvalue weighted by atomic mass is 9.84. The number of benzene rings is 1. The minimum Gasteiger partial charge on any atom is -0.388 e. The molecule has 27 heavy (non-hydrogen) atoms. The number of anilines is 1. The number of fused-ring (bicyclic) bond motifs is 1. The Hall–Kier alpha value is -2.08. The minimum atomic E-state index is 0.465. The molecule has 2 N–H and O–H groups in total. The summed E-state index contributed by atoms with van der Waals surface area (Å²) in [6, 6.07) is 8.59. The standard InChI is InChI=1S/C21H31N5O/c1-16(22)23-18-8-6-17(7-9-18)10-11-25-12-14-26(15-13-25)21-19-4-2-3-5-20(19)27-24-21/h2-5,17-18H,6-15H2,1H3,(H2,22,23). The first-order chi connectivity index (χ1) is 13.2. The number of aromatic nitrogens is 1. The summed E-state index contributed by atoms with van der Waals surface area (Å²) < 4.78 is 5.47. The Morgan fingerprint density at radius 1 is 1.15 bits per heavy atom. The molecule has 2 heterocycles. The van der Waals surface area contributed by atoms with Gasteiger partial charge in [0.2, 0.25) is 0 Å². The van der Waals surface area contributed by atoms with E-state index < -0.39 is 0 Å². The molecule has 0 unspecified atom stereocenters. The summed E-state index contributed by atoms with van der Waals surface area (Å²) in [5.74, 6) is 2.59. The number of piperazine rings is 1. The van der Waals surface area contributed by atoms with Gasteiger partial charge in [-0.3, -0.25) is 9.89 Å². The molecule has 4 rings (SSSR count). The van der Waals surface area contributed by atoms with Crippen LogP contribution in [0.25, 0.3) is 11.0 Å². The van der Waals surface area contributed by atoms with Gasteiger partial charge in [-0.15, -0.1) is 0 Å². The third-order valence-corrected chi connectivity index (χ3v) is 6.09. The number of rotatable bonds is 5. The molecule has 0 spiro atoms. The number of hydrogen-bond acceptors (Lipinski definition) is 5. The highest BCUT2D eigenvalue weighted by molar-refractivity contribution is 5.88. The summed E-state index contributed by atoms with van der Waals surface area (Å²) in [4.78, 5) is 9.51. The Morgan fingerprint density at radius 2 is 1.89 bits per heavy atom. The van der Waals surface area contributed by atoms with E-state index in [1.165, 1.54) is 38.6 Å². The molecule has 1 aliphatic carbocycles. The van der Waals surface area contributed by atoms with E-state index >= 15 is 0 Å². The van der Waals surface area contributed by atoms with E-state index in [0.29, 0.717) is 6.04 Å². The van der Waals surface area contributed by atoms with Crippen LogP contribution in [0.3, 0.4) is 0 Å². The molecule has 0 bridgehead atoms. The molecule has 6 heteroatoms. The van der Waals surface area contributed by atoms with E-state index in [4.69, 9.17) is 10.3 Å². The van der Waals surface area contributed by atoms with Gasteiger partial charge in [0.1, 0.15) is 0 Å². The number of aliphatic imine (C=N–C) groups is 1. The lowest BCUT2D eigenvalue weighted by Crippen LogP contribution is -2.47. The maximum Gasteiger partial charge on any atom is 0.180 e. The van der Waals surface area contributed by atoms with E-state index in [0.717, 1.165) is 54.7 Å². The predicted octanol–water partition coefficient (Wildman–Crippen LogP) is 3.28. The zero-order valence-corrected chi connectivity index (χ0v) is 16.3. The van der Waals surface area contributed by atoms with Crippen molar-refractivity contribution < 1.29 is 4.52 Å². The average Bonchev–Trinajstić information content (AvgIpc) is 3.12. The van der Waals surface area contributed by atoms with Gasteiger partial charge in [0, 0.05) is 26.2 Å². The third-order valence-electron chi connectivity index (χ3n) is 6.09. The Bertz CT molecular complexity index is 766. The fourth-order valence-electron chi connectivity index (χ4n) is 4.50. The van der Waals surface area contributed by atoms with Crippen LogP contribution in [-0.4, -0.2) is 54.7 Å². The third kappa shape index (κ3) is 4.43. The maximum atomic E-state index is 5.72. The van der Waals surface area contributed by atoms with Gasteiger partial charge in [0.05, 0.1) is 17.3 Å². The molecule has 1 saturated carbocycles. The number of amidine groups is 1. The van der Waals surface area contributed by atoms with Gasteiger partial charge in [-0.1, -0.05) is 17.3 Å². The largest absolute Gasteiger partial charge is 0.388 e. The molecule has 1 saturated heterocycles. The summed E-state index contributed by atoms with van der Waals surface area (Å²) in [5, 5.41) is 5.43. The summed E-state index contributed by atoms with van der Waals surface area (Å²) >= 11 is 0. The van der Waals surface area contributed by atoms with Gasteiger partial charge in [0.25, 0.3) is 0 Å². The van der Waals surface area contributed by atoms with E-state index in [1.807, 2.05) is 25.1 Å². The van der Waals surface area contributed by atoms with E-state index in [1.54, 1.807) is 0 Å². The molecular weight excluding hydrogens is 338 g/mol. The second-order valence-corrected chi connectivity index (χ2v) is 8.06. The molecule has 0 amide bonds. The summed E-state index contributed by atoms with van der Waals surface area (Å²) in [7, 11) is 0. The van der Waals surface area contributed by atoms with Gasteiger partial charge in [0.15, 0.2) is 11.4 Å². The molecular formula is C21H31N5O. The van der Waals surface area contributed by atoms with Crippen molar-refractivity contribution in [1.82, 2.24) is 10.1 Å². The molecule has 1 aliphatic heterocycles. The normalized spacial score (nSPS) is 25.2. The summed E-state index contributed by atoms with van der Waals surface area (Å²) in [5.41, 5.74) is 6.59. The smallest absolute Gasteiger partial charge is 0.180 e. The summed E-state index contributed by atoms with van der Waals surface area (Å²) in [6.45, 7) is 7.36. The van der Waals surface area contributed by atoms with Gasteiger partial charge >= 0.3 is 0 Å². The van der Waals surface area contributed by atoms with Gasteiger partial charge < -0.3 is 15.2 Å². The predicted molar refractivity (Wildman–Crippen MR) is 110 cm³/mol. The van der Waals surface area contributed by atoms with Crippen LogP contribution in [0.1, 0.15) is 39.0 Å². The van der Waals surface area contributed by atoms with Crippen molar-refractivity contribution in [3.05, 3.63) is 24.3 Å². The molecule has 146 valence electrons. The van der Waals surface area contributed by atoms with Crippen molar-refractivity contribution in [2.45, 2.75) is 45.1 Å². The van der Waals surface area contributed by atoms with Gasteiger partial charge in [-0.25, -0.2) is 0 Å². The lowest BCUT2D eigenvalue weighted by molar-refractivity contribution is 0.216. The number of hydrogen-bond donors (Lipinski definition) is 1. The second kappa shape index (κ2) is 8.30. The van der Waals surface area contributed by atoms with Crippen LogP contribution in [-0.2, 0) is 0 Å². The zero-order chi connectivity index (χ0) is 18.6. The molecule has 2 aromatic rings. The van der Waals surface area contributed by atoms with Gasteiger partial charge in [-0.05, 0) is 63.6 Å². The minimum absolute atomic E-state index is 0.465. The first-order valence-corrected chi connectivity index (χ1v) is 10.3. The number of para-hydroxylation sites is 1. The van der Waals surface area contributed by atoms with Crippen LogP contribution >= 0.6 is 0 Å². The highest BCUT2D eigenvalue weighted by Gasteiger charge is 2.24. The SMILES string of the molecule is CC(N)=NC1CCC(CCN2CCN(c3noc4ccccc34)CC2)CC1. The Labute approximate surface area is 161 Å². The fraction of sp³-hybridized carbons (Fsp3) is 0.619. The van der Waals surface area contributed by atoms with Crippen molar-refractivity contribution >= 4 is 22.6 Å². The first-order valence-electron chi connectivity index (χ1n) is 10.3. The topological polar surface area (TPSA) is 70.9 Å². The quantitative estimate of drug-likeness (QED) is 0.647. The zero-order valence-electron chi connectivity index (χ0n) is 16.3. The van der Waals surface area contributed by atoms with Crippen molar-refractivity contribution in [2.24, 2.45) is 16.6 Å². The van der Waals surface area contributed by atoms with Crippen molar-refractivity contribution in [3.8, 4) is 0 Å². The van der Waals surface area contributed by atoms with Crippen molar-refractivity contribution in [2.75, 3.05) is 37.6 Å². The molecule has 0 radical (unpaired) electrons. The molecule has 6 nitrogen and oxygen atoms in total. The Kier molecular flexibility index (Phi) is 5.62. The van der Waals surface area contributed by atoms with Crippen molar-refractivity contribution in [3.63, 3.8) is 0 Å².